The van der Waals surface area contributed by atoms with Crippen LogP contribution in [0.3, 0.4) is 0 Å². The van der Waals surface area contributed by atoms with Gasteiger partial charge in [0.1, 0.15) is 11.2 Å². The van der Waals surface area contributed by atoms with Crippen molar-refractivity contribution in [2.45, 2.75) is 44.8 Å². The molecule has 1 aliphatic heterocycles. The number of likely N-dealkylation sites (tertiary alicyclic amines) is 1. The van der Waals surface area contributed by atoms with Crippen LogP contribution in [0.1, 0.15) is 33.6 Å². The average Bonchev–Trinajstić information content (AvgIpc) is 2.24. The van der Waals surface area contributed by atoms with E-state index in [1.807, 2.05) is 0 Å². The number of rotatable bonds is 3. The van der Waals surface area contributed by atoms with Crippen LogP contribution in [0.25, 0.3) is 0 Å². The Hall–Kier alpha value is -0.530. The van der Waals surface area contributed by atoms with E-state index in [1.54, 1.807) is 20.8 Å². The highest BCUT2D eigenvalue weighted by Crippen LogP contribution is 2.28. The Bertz CT molecular complexity index is 459. The first-order valence-corrected chi connectivity index (χ1v) is 8.90. The summed E-state index contributed by atoms with van der Waals surface area (Å²) in [7, 11) is 3.05. The van der Waals surface area contributed by atoms with Crippen LogP contribution in [-0.2, 0) is 18.5 Å². The molecule has 1 heterocycles. The van der Waals surface area contributed by atoms with Gasteiger partial charge in [-0.15, -0.1) is 0 Å². The molecule has 1 atom stereocenters. The van der Waals surface area contributed by atoms with Crippen molar-refractivity contribution in [1.82, 2.24) is 4.90 Å². The molecule has 0 aromatic heterocycles. The molecule has 0 radical (unpaired) electrons. The topological polar surface area (TPSA) is 72.9 Å². The van der Waals surface area contributed by atoms with E-state index < -0.39 is 26.3 Å². The second-order valence-electron chi connectivity index (χ2n) is 6.08. The fourth-order valence-corrected chi connectivity index (χ4v) is 3.82. The van der Waals surface area contributed by atoms with Crippen LogP contribution < -0.4 is 0 Å². The predicted octanol–water partition coefficient (Wildman–Crippen LogP) is 1.97. The zero-order valence-corrected chi connectivity index (χ0v) is 13.9. The summed E-state index contributed by atoms with van der Waals surface area (Å²) in [6.45, 7) is 6.01. The number of ether oxygens (including phenoxy) is 2. The van der Waals surface area contributed by atoms with Gasteiger partial charge in [-0.3, -0.25) is 0 Å². The number of halogens is 1. The predicted molar refractivity (Wildman–Crippen MR) is 76.4 cm³/mol. The summed E-state index contributed by atoms with van der Waals surface area (Å²) in [5, 5.41) is 0. The van der Waals surface area contributed by atoms with Crippen molar-refractivity contribution in [3.05, 3.63) is 0 Å². The van der Waals surface area contributed by atoms with Crippen LogP contribution in [0.4, 0.5) is 4.79 Å². The summed E-state index contributed by atoms with van der Waals surface area (Å²) in [6.07, 6.45) is 0.708. The third kappa shape index (κ3) is 5.46. The number of hydrogen-bond acceptors (Lipinski definition) is 5. The quantitative estimate of drug-likeness (QED) is 0.741. The summed E-state index contributed by atoms with van der Waals surface area (Å²) in [6, 6.07) is 0. The molecular formula is C12H22ClNO5S. The number of piperidine rings is 1. The summed E-state index contributed by atoms with van der Waals surface area (Å²) in [4.78, 5) is 13.5. The average molecular weight is 328 g/mol. The maximum atomic E-state index is 12.0. The van der Waals surface area contributed by atoms with Crippen molar-refractivity contribution in [2.75, 3.05) is 26.0 Å². The van der Waals surface area contributed by atoms with Crippen molar-refractivity contribution in [3.8, 4) is 0 Å². The fraction of sp³-hybridized carbons (Fsp3) is 0.917. The first-order chi connectivity index (χ1) is 8.96. The van der Waals surface area contributed by atoms with Crippen LogP contribution in [0.5, 0.6) is 0 Å². The molecule has 0 saturated carbocycles. The van der Waals surface area contributed by atoms with E-state index in [2.05, 4.69) is 0 Å². The third-order valence-corrected chi connectivity index (χ3v) is 4.26. The second kappa shape index (κ2) is 6.07. The van der Waals surface area contributed by atoms with Gasteiger partial charge >= 0.3 is 6.09 Å². The highest BCUT2D eigenvalue weighted by atomic mass is 35.7. The SMILES string of the molecule is COC1(CS(=O)(=O)Cl)CCCN(C(=O)OC(C)(C)C)C1. The lowest BCUT2D eigenvalue weighted by molar-refractivity contribution is -0.0548. The Labute approximate surface area is 124 Å². The molecule has 1 aliphatic rings. The number of carbonyl (C=O) groups is 1. The van der Waals surface area contributed by atoms with Crippen LogP contribution in [-0.4, -0.2) is 56.6 Å². The van der Waals surface area contributed by atoms with Crippen molar-refractivity contribution in [1.29, 1.82) is 0 Å². The van der Waals surface area contributed by atoms with Gasteiger partial charge in [0.25, 0.3) is 0 Å². The Balaban J connectivity index is 2.81. The van der Waals surface area contributed by atoms with Gasteiger partial charge in [-0.25, -0.2) is 13.2 Å². The van der Waals surface area contributed by atoms with Gasteiger partial charge in [0.2, 0.25) is 9.05 Å². The third-order valence-electron chi connectivity index (χ3n) is 3.06. The molecule has 1 amide bonds. The Morgan fingerprint density at radius 3 is 2.45 bits per heavy atom. The summed E-state index contributed by atoms with van der Waals surface area (Å²) < 4.78 is 33.3. The number of hydrogen-bond donors (Lipinski definition) is 0. The van der Waals surface area contributed by atoms with Crippen molar-refractivity contribution < 1.29 is 22.7 Å². The maximum absolute atomic E-state index is 12.0. The molecule has 118 valence electrons. The van der Waals surface area contributed by atoms with Gasteiger partial charge in [-0.05, 0) is 33.6 Å². The van der Waals surface area contributed by atoms with E-state index in [0.717, 1.165) is 0 Å². The first kappa shape index (κ1) is 17.5. The van der Waals surface area contributed by atoms with Gasteiger partial charge in [-0.2, -0.15) is 0 Å². The van der Waals surface area contributed by atoms with Gasteiger partial charge in [-0.1, -0.05) is 0 Å². The number of nitrogens with zero attached hydrogens (tertiary/aromatic N) is 1. The molecule has 8 heteroatoms. The van der Waals surface area contributed by atoms with Gasteiger partial charge in [0.15, 0.2) is 0 Å². The molecule has 0 aromatic carbocycles. The van der Waals surface area contributed by atoms with Crippen molar-refractivity contribution in [2.24, 2.45) is 0 Å². The van der Waals surface area contributed by atoms with Crippen molar-refractivity contribution in [3.63, 3.8) is 0 Å². The highest BCUT2D eigenvalue weighted by molar-refractivity contribution is 8.13. The lowest BCUT2D eigenvalue weighted by Gasteiger charge is -2.41. The molecule has 0 spiro atoms. The van der Waals surface area contributed by atoms with Crippen molar-refractivity contribution >= 4 is 25.8 Å². The molecule has 1 saturated heterocycles. The minimum atomic E-state index is -3.71. The molecule has 1 fully saturated rings. The monoisotopic (exact) mass is 327 g/mol. The zero-order chi connectivity index (χ0) is 15.6. The second-order valence-corrected chi connectivity index (χ2v) is 8.85. The Morgan fingerprint density at radius 2 is 2.00 bits per heavy atom. The smallest absolute Gasteiger partial charge is 0.410 e. The molecule has 1 rings (SSSR count). The standard InChI is InChI=1S/C12H22ClNO5S/c1-11(2,3)19-10(15)14-7-5-6-12(8-14,18-4)9-20(13,16)17/h5-9H2,1-4H3. The van der Waals surface area contributed by atoms with Gasteiger partial charge < -0.3 is 14.4 Å². The Kier molecular flexibility index (Phi) is 5.32. The van der Waals surface area contributed by atoms with Crippen LogP contribution in [0.2, 0.25) is 0 Å². The maximum Gasteiger partial charge on any atom is 0.410 e. The van der Waals surface area contributed by atoms with Gasteiger partial charge in [0.05, 0.1) is 12.3 Å². The normalized spacial score (nSPS) is 24.6. The molecule has 0 aromatic rings. The van der Waals surface area contributed by atoms with E-state index in [-0.39, 0.29) is 12.3 Å². The van der Waals surface area contributed by atoms with E-state index in [1.165, 1.54) is 12.0 Å². The summed E-state index contributed by atoms with van der Waals surface area (Å²) in [5.41, 5.74) is -1.56. The summed E-state index contributed by atoms with van der Waals surface area (Å²) >= 11 is 0. The molecule has 6 nitrogen and oxygen atoms in total. The van der Waals surface area contributed by atoms with E-state index >= 15 is 0 Å². The molecule has 20 heavy (non-hydrogen) atoms. The van der Waals surface area contributed by atoms with Crippen LogP contribution in [0.15, 0.2) is 0 Å². The molecular weight excluding hydrogens is 306 g/mol. The summed E-state index contributed by atoms with van der Waals surface area (Å²) in [5.74, 6) is -0.322. The number of methoxy groups -OCH3 is 1. The van der Waals surface area contributed by atoms with E-state index in [4.69, 9.17) is 20.2 Å². The Morgan fingerprint density at radius 1 is 1.40 bits per heavy atom. The molecule has 0 bridgehead atoms. The minimum Gasteiger partial charge on any atom is -0.444 e. The van der Waals surface area contributed by atoms with E-state index in [0.29, 0.717) is 19.4 Å². The first-order valence-electron chi connectivity index (χ1n) is 6.42. The zero-order valence-electron chi connectivity index (χ0n) is 12.3. The molecule has 0 N–H and O–H groups in total. The van der Waals surface area contributed by atoms with Crippen LogP contribution in [0, 0.1) is 0 Å². The fourth-order valence-electron chi connectivity index (χ4n) is 2.24. The number of amides is 1. The molecule has 1 unspecified atom stereocenters. The lowest BCUT2D eigenvalue weighted by atomic mass is 9.95. The van der Waals surface area contributed by atoms with E-state index in [9.17, 15) is 13.2 Å². The highest BCUT2D eigenvalue weighted by Gasteiger charge is 2.41. The van der Waals surface area contributed by atoms with Crippen LogP contribution >= 0.6 is 10.7 Å². The van der Waals surface area contributed by atoms with Gasteiger partial charge in [0, 0.05) is 24.3 Å². The molecule has 0 aliphatic carbocycles. The lowest BCUT2D eigenvalue weighted by Crippen LogP contribution is -2.55. The minimum absolute atomic E-state index is 0.157. The number of carbonyl (C=O) groups excluding carboxylic acids is 1. The largest absolute Gasteiger partial charge is 0.444 e.